The highest BCUT2D eigenvalue weighted by Gasteiger charge is 2.35. The van der Waals surface area contributed by atoms with Crippen molar-refractivity contribution in [1.29, 1.82) is 0 Å². The third-order valence-electron chi connectivity index (χ3n) is 8.98. The molecule has 2 heteroatoms. The maximum Gasteiger partial charge on any atom is 0.143 e. The number of benzene rings is 6. The summed E-state index contributed by atoms with van der Waals surface area (Å²) in [5.41, 5.74) is 10.9. The van der Waals surface area contributed by atoms with Gasteiger partial charge in [0.25, 0.3) is 0 Å². The van der Waals surface area contributed by atoms with E-state index >= 15 is 0 Å². The van der Waals surface area contributed by atoms with Crippen molar-refractivity contribution >= 4 is 54.5 Å². The lowest BCUT2D eigenvalue weighted by Gasteiger charge is -2.22. The van der Waals surface area contributed by atoms with Gasteiger partial charge in [-0.25, -0.2) is 0 Å². The van der Waals surface area contributed by atoms with Gasteiger partial charge in [-0.15, -0.1) is 0 Å². The molecule has 0 bridgehead atoms. The van der Waals surface area contributed by atoms with E-state index in [9.17, 15) is 0 Å². The molecule has 9 rings (SSSR count). The standard InChI is InChI=1S/C37H25NO/c1-37(2)31-12-6-3-9-24(31)25-18-16-23(20-32(25)37)38-33-13-7-4-10-26(33)30-19-22-15-17-28-27-11-5-8-14-35(27)39-36(28)29(22)21-34(30)38/h3-21H,1-2H3. The van der Waals surface area contributed by atoms with Crippen LogP contribution in [0.15, 0.2) is 120 Å². The van der Waals surface area contributed by atoms with E-state index < -0.39 is 0 Å². The van der Waals surface area contributed by atoms with Crippen molar-refractivity contribution in [1.82, 2.24) is 4.57 Å². The second-order valence-electron chi connectivity index (χ2n) is 11.4. The molecule has 6 aromatic carbocycles. The summed E-state index contributed by atoms with van der Waals surface area (Å²) in [6, 6.07) is 42.0. The lowest BCUT2D eigenvalue weighted by atomic mass is 9.82. The van der Waals surface area contributed by atoms with Crippen molar-refractivity contribution in [3.8, 4) is 16.8 Å². The molecule has 0 N–H and O–H groups in total. The van der Waals surface area contributed by atoms with Gasteiger partial charge in [-0.2, -0.15) is 0 Å². The van der Waals surface area contributed by atoms with Crippen molar-refractivity contribution in [2.24, 2.45) is 0 Å². The Morgan fingerprint density at radius 1 is 0.538 bits per heavy atom. The summed E-state index contributed by atoms with van der Waals surface area (Å²) in [6.07, 6.45) is 0. The van der Waals surface area contributed by atoms with Gasteiger partial charge in [0.15, 0.2) is 0 Å². The summed E-state index contributed by atoms with van der Waals surface area (Å²) in [5, 5.41) is 7.20. The summed E-state index contributed by atoms with van der Waals surface area (Å²) >= 11 is 0. The average molecular weight is 500 g/mol. The van der Waals surface area contributed by atoms with Gasteiger partial charge in [0.2, 0.25) is 0 Å². The second-order valence-corrected chi connectivity index (χ2v) is 11.4. The first-order valence-corrected chi connectivity index (χ1v) is 13.6. The van der Waals surface area contributed by atoms with Gasteiger partial charge in [-0.3, -0.25) is 0 Å². The Morgan fingerprint density at radius 3 is 2.23 bits per heavy atom. The quantitative estimate of drug-likeness (QED) is 0.220. The normalized spacial score (nSPS) is 14.1. The van der Waals surface area contributed by atoms with Crippen LogP contribution < -0.4 is 0 Å². The van der Waals surface area contributed by atoms with Gasteiger partial charge in [-0.05, 0) is 70.1 Å². The predicted molar refractivity (Wildman–Crippen MR) is 163 cm³/mol. The number of aromatic nitrogens is 1. The fraction of sp³-hybridized carbons (Fsp3) is 0.0811. The number of para-hydroxylation sites is 2. The summed E-state index contributed by atoms with van der Waals surface area (Å²) in [6.45, 7) is 4.69. The Kier molecular flexibility index (Phi) is 3.89. The minimum atomic E-state index is -0.0478. The molecule has 184 valence electrons. The zero-order valence-corrected chi connectivity index (χ0v) is 21.8. The Hall–Kier alpha value is -4.82. The molecule has 1 aliphatic rings. The van der Waals surface area contributed by atoms with E-state index in [4.69, 9.17) is 4.42 Å². The van der Waals surface area contributed by atoms with Crippen LogP contribution in [0.1, 0.15) is 25.0 Å². The van der Waals surface area contributed by atoms with Crippen molar-refractivity contribution < 1.29 is 4.42 Å². The SMILES string of the molecule is CC1(C)c2ccccc2-c2ccc(-n3c4ccccc4c4cc5ccc6c7ccccc7oc6c5cc43)cc21. The van der Waals surface area contributed by atoms with Crippen LogP contribution in [-0.2, 0) is 5.41 Å². The zero-order chi connectivity index (χ0) is 25.9. The molecule has 0 saturated carbocycles. The van der Waals surface area contributed by atoms with Crippen molar-refractivity contribution in [3.05, 3.63) is 126 Å². The van der Waals surface area contributed by atoms with Crippen LogP contribution in [0.2, 0.25) is 0 Å². The highest BCUT2D eigenvalue weighted by Crippen LogP contribution is 2.49. The van der Waals surface area contributed by atoms with Crippen LogP contribution in [0.5, 0.6) is 0 Å². The molecule has 0 atom stereocenters. The maximum atomic E-state index is 6.45. The second kappa shape index (κ2) is 7.18. The Morgan fingerprint density at radius 2 is 1.31 bits per heavy atom. The molecule has 0 radical (unpaired) electrons. The molecular weight excluding hydrogens is 474 g/mol. The van der Waals surface area contributed by atoms with Crippen LogP contribution >= 0.6 is 0 Å². The Bertz CT molecular complexity index is 2310. The fourth-order valence-corrected chi connectivity index (χ4v) is 7.08. The minimum absolute atomic E-state index is 0.0478. The van der Waals surface area contributed by atoms with E-state index in [1.807, 2.05) is 6.07 Å². The number of hydrogen-bond acceptors (Lipinski definition) is 1. The van der Waals surface area contributed by atoms with Crippen LogP contribution in [0, 0.1) is 0 Å². The summed E-state index contributed by atoms with van der Waals surface area (Å²) < 4.78 is 8.88. The smallest absolute Gasteiger partial charge is 0.143 e. The first kappa shape index (κ1) is 21.2. The molecule has 0 unspecified atom stereocenters. The highest BCUT2D eigenvalue weighted by molar-refractivity contribution is 6.20. The van der Waals surface area contributed by atoms with Gasteiger partial charge >= 0.3 is 0 Å². The van der Waals surface area contributed by atoms with Gasteiger partial charge in [0, 0.05) is 38.0 Å². The molecule has 0 saturated heterocycles. The molecule has 2 nitrogen and oxygen atoms in total. The molecule has 0 spiro atoms. The largest absolute Gasteiger partial charge is 0.455 e. The lowest BCUT2D eigenvalue weighted by Crippen LogP contribution is -2.15. The highest BCUT2D eigenvalue weighted by atomic mass is 16.3. The molecule has 0 amide bonds. The number of fused-ring (bicyclic) bond motifs is 11. The van der Waals surface area contributed by atoms with E-state index in [2.05, 4.69) is 128 Å². The predicted octanol–water partition coefficient (Wildman–Crippen LogP) is 10.1. The molecule has 0 fully saturated rings. The van der Waals surface area contributed by atoms with Crippen molar-refractivity contribution in [2.45, 2.75) is 19.3 Å². The Balaban J connectivity index is 1.38. The van der Waals surface area contributed by atoms with Gasteiger partial charge < -0.3 is 8.98 Å². The average Bonchev–Trinajstić information content (AvgIpc) is 3.58. The third kappa shape index (κ3) is 2.66. The zero-order valence-electron chi connectivity index (χ0n) is 21.8. The fourth-order valence-electron chi connectivity index (χ4n) is 7.08. The van der Waals surface area contributed by atoms with Gasteiger partial charge in [0.05, 0.1) is 11.0 Å². The molecule has 2 aromatic heterocycles. The summed E-state index contributed by atoms with van der Waals surface area (Å²) in [4.78, 5) is 0. The first-order chi connectivity index (χ1) is 19.1. The minimum Gasteiger partial charge on any atom is -0.455 e. The monoisotopic (exact) mass is 499 g/mol. The number of hydrogen-bond donors (Lipinski definition) is 0. The number of furan rings is 1. The molecule has 39 heavy (non-hydrogen) atoms. The summed E-state index contributed by atoms with van der Waals surface area (Å²) in [7, 11) is 0. The lowest BCUT2D eigenvalue weighted by molar-refractivity contribution is 0.660. The summed E-state index contributed by atoms with van der Waals surface area (Å²) in [5.74, 6) is 0. The third-order valence-corrected chi connectivity index (χ3v) is 8.98. The molecular formula is C37H25NO. The van der Waals surface area contributed by atoms with Crippen LogP contribution in [0.25, 0.3) is 71.3 Å². The van der Waals surface area contributed by atoms with Gasteiger partial charge in [0.1, 0.15) is 11.2 Å². The van der Waals surface area contributed by atoms with Crippen LogP contribution in [0.3, 0.4) is 0 Å². The van der Waals surface area contributed by atoms with E-state index in [0.717, 1.165) is 27.3 Å². The van der Waals surface area contributed by atoms with E-state index in [1.54, 1.807) is 0 Å². The molecule has 1 aliphatic carbocycles. The molecule has 2 heterocycles. The van der Waals surface area contributed by atoms with Crippen LogP contribution in [-0.4, -0.2) is 4.57 Å². The molecule has 0 aliphatic heterocycles. The Labute approximate surface area is 225 Å². The first-order valence-electron chi connectivity index (χ1n) is 13.6. The number of rotatable bonds is 1. The maximum absolute atomic E-state index is 6.45. The van der Waals surface area contributed by atoms with Gasteiger partial charge in [-0.1, -0.05) is 86.6 Å². The molecule has 8 aromatic rings. The van der Waals surface area contributed by atoms with E-state index in [-0.39, 0.29) is 5.41 Å². The topological polar surface area (TPSA) is 18.1 Å². The number of nitrogens with zero attached hydrogens (tertiary/aromatic N) is 1. The van der Waals surface area contributed by atoms with Crippen LogP contribution in [0.4, 0.5) is 0 Å². The van der Waals surface area contributed by atoms with Crippen molar-refractivity contribution in [2.75, 3.05) is 0 Å². The van der Waals surface area contributed by atoms with E-state index in [1.165, 1.54) is 55.1 Å². The van der Waals surface area contributed by atoms with E-state index in [0.29, 0.717) is 0 Å². The van der Waals surface area contributed by atoms with Crippen molar-refractivity contribution in [3.63, 3.8) is 0 Å².